The van der Waals surface area contributed by atoms with Gasteiger partial charge in [0.15, 0.2) is 0 Å². The summed E-state index contributed by atoms with van der Waals surface area (Å²) in [6.45, 7) is -1.73. The number of hydrogen-bond acceptors (Lipinski definition) is 3. The molecule has 2 aromatic carbocycles. The van der Waals surface area contributed by atoms with Crippen molar-refractivity contribution in [2.75, 3.05) is 6.54 Å². The number of benzene rings is 2. The Morgan fingerprint density at radius 1 is 1.00 bits per heavy atom. The SMILES string of the molecule is O=C(NCC(F)(F)F)NC(Cc1ccccc1)(c1cc(F)cc(OC(F)(F)C(F)F)c1)c1ccc(Cl)cn1. The van der Waals surface area contributed by atoms with E-state index in [9.17, 15) is 39.9 Å². The fourth-order valence-corrected chi connectivity index (χ4v) is 3.65. The van der Waals surface area contributed by atoms with E-state index >= 15 is 0 Å². The molecule has 2 amide bonds. The maximum atomic E-state index is 14.7. The van der Waals surface area contributed by atoms with E-state index in [1.165, 1.54) is 12.1 Å². The lowest BCUT2D eigenvalue weighted by molar-refractivity contribution is -0.253. The molecule has 1 aromatic heterocycles. The van der Waals surface area contributed by atoms with E-state index < -0.39 is 48.4 Å². The largest absolute Gasteiger partial charge is 0.461 e. The third-order valence-corrected chi connectivity index (χ3v) is 5.35. The molecule has 0 saturated carbocycles. The Balaban J connectivity index is 2.21. The monoisotopic (exact) mass is 567 g/mol. The second-order valence-corrected chi connectivity index (χ2v) is 8.43. The molecule has 0 aliphatic heterocycles. The molecule has 3 rings (SSSR count). The summed E-state index contributed by atoms with van der Waals surface area (Å²) in [5.41, 5.74) is -2.02. The molecule has 14 heteroatoms. The van der Waals surface area contributed by atoms with Gasteiger partial charge in [0.2, 0.25) is 0 Å². The predicted octanol–water partition coefficient (Wildman–Crippen LogP) is 6.46. The van der Waals surface area contributed by atoms with Gasteiger partial charge in [0, 0.05) is 18.7 Å². The van der Waals surface area contributed by atoms with E-state index in [1.54, 1.807) is 35.6 Å². The van der Waals surface area contributed by atoms with Crippen molar-refractivity contribution in [2.45, 2.75) is 30.7 Å². The average Bonchev–Trinajstić information content (AvgIpc) is 2.82. The molecular weight excluding hydrogens is 550 g/mol. The van der Waals surface area contributed by atoms with E-state index in [0.717, 1.165) is 18.3 Å². The summed E-state index contributed by atoms with van der Waals surface area (Å²) in [6.07, 6.45) is -13.2. The fourth-order valence-electron chi connectivity index (χ4n) is 3.54. The Kier molecular flexibility index (Phi) is 8.70. The molecule has 0 aliphatic carbocycles. The molecule has 0 spiro atoms. The van der Waals surface area contributed by atoms with Crippen molar-refractivity contribution in [2.24, 2.45) is 0 Å². The number of hydrogen-bond donors (Lipinski definition) is 2. The van der Waals surface area contributed by atoms with Crippen LogP contribution in [0.5, 0.6) is 5.75 Å². The first kappa shape index (κ1) is 29.0. The van der Waals surface area contributed by atoms with E-state index in [1.807, 2.05) is 0 Å². The Labute approximate surface area is 215 Å². The predicted molar refractivity (Wildman–Crippen MR) is 121 cm³/mol. The number of urea groups is 1. The summed E-state index contributed by atoms with van der Waals surface area (Å²) in [6, 6.07) is 11.1. The minimum absolute atomic E-state index is 0.0925. The second kappa shape index (κ2) is 11.4. The van der Waals surface area contributed by atoms with Crippen molar-refractivity contribution >= 4 is 17.6 Å². The summed E-state index contributed by atoms with van der Waals surface area (Å²) in [5.74, 6) is -2.26. The molecule has 3 aromatic rings. The van der Waals surface area contributed by atoms with E-state index in [4.69, 9.17) is 11.6 Å². The van der Waals surface area contributed by atoms with Gasteiger partial charge in [0.05, 0.1) is 10.7 Å². The minimum Gasteiger partial charge on any atom is -0.428 e. The van der Waals surface area contributed by atoms with Gasteiger partial charge in [-0.2, -0.15) is 30.7 Å². The number of rotatable bonds is 9. The van der Waals surface area contributed by atoms with Crippen LogP contribution >= 0.6 is 11.6 Å². The number of nitrogens with zero attached hydrogens (tertiary/aromatic N) is 1. The van der Waals surface area contributed by atoms with Gasteiger partial charge < -0.3 is 15.4 Å². The Bertz CT molecular complexity index is 1240. The highest BCUT2D eigenvalue weighted by Gasteiger charge is 2.45. The quantitative estimate of drug-likeness (QED) is 0.292. The van der Waals surface area contributed by atoms with Gasteiger partial charge in [-0.25, -0.2) is 9.18 Å². The van der Waals surface area contributed by atoms with Crippen LogP contribution in [-0.4, -0.2) is 36.3 Å². The van der Waals surface area contributed by atoms with Crippen LogP contribution in [0.1, 0.15) is 16.8 Å². The van der Waals surface area contributed by atoms with Crippen LogP contribution in [-0.2, 0) is 12.0 Å². The van der Waals surface area contributed by atoms with E-state index in [-0.39, 0.29) is 22.7 Å². The fraction of sp³-hybridized carbons (Fsp3) is 0.250. The molecule has 2 N–H and O–H groups in total. The molecule has 5 nitrogen and oxygen atoms in total. The lowest BCUT2D eigenvalue weighted by Gasteiger charge is -2.36. The van der Waals surface area contributed by atoms with Crippen LogP contribution in [0.2, 0.25) is 5.02 Å². The van der Waals surface area contributed by atoms with Gasteiger partial charge in [-0.3, -0.25) is 4.98 Å². The summed E-state index contributed by atoms with van der Waals surface area (Å²) < 4.78 is 110. The molecule has 1 unspecified atom stereocenters. The molecular formula is C24H18ClF8N3O2. The molecule has 1 atom stereocenters. The summed E-state index contributed by atoms with van der Waals surface area (Å²) in [5, 5.41) is 4.08. The molecule has 0 bridgehead atoms. The van der Waals surface area contributed by atoms with E-state index in [0.29, 0.717) is 11.6 Å². The van der Waals surface area contributed by atoms with Crippen molar-refractivity contribution in [1.29, 1.82) is 0 Å². The lowest BCUT2D eigenvalue weighted by atomic mass is 9.80. The number of carbonyl (C=O) groups is 1. The number of carbonyl (C=O) groups excluding carboxylic acids is 1. The summed E-state index contributed by atoms with van der Waals surface area (Å²) in [7, 11) is 0. The van der Waals surface area contributed by atoms with Crippen molar-refractivity contribution in [1.82, 2.24) is 15.6 Å². The van der Waals surface area contributed by atoms with Crippen LogP contribution in [0.25, 0.3) is 0 Å². The molecule has 38 heavy (non-hydrogen) atoms. The Morgan fingerprint density at radius 3 is 2.26 bits per heavy atom. The smallest absolute Gasteiger partial charge is 0.428 e. The van der Waals surface area contributed by atoms with Crippen molar-refractivity contribution in [3.8, 4) is 5.75 Å². The van der Waals surface area contributed by atoms with Crippen LogP contribution in [0.3, 0.4) is 0 Å². The van der Waals surface area contributed by atoms with Crippen molar-refractivity contribution in [3.05, 3.63) is 94.5 Å². The Morgan fingerprint density at radius 2 is 1.68 bits per heavy atom. The number of alkyl halides is 7. The van der Waals surface area contributed by atoms with Crippen LogP contribution in [0.4, 0.5) is 39.9 Å². The summed E-state index contributed by atoms with van der Waals surface area (Å²) >= 11 is 5.90. The topological polar surface area (TPSA) is 63.2 Å². The molecule has 0 radical (unpaired) electrons. The second-order valence-electron chi connectivity index (χ2n) is 7.99. The standard InChI is InChI=1S/C24H18ClF8N3O2/c25-16-6-7-19(34-12-16)22(11-14-4-2-1-3-5-14,36-21(37)35-13-23(29,30)31)15-8-17(26)10-18(9-15)38-24(32,33)20(27)28/h1-10,12,20H,11,13H2,(H2,35,36,37). The number of amides is 2. The van der Waals surface area contributed by atoms with Gasteiger partial charge >= 0.3 is 24.7 Å². The van der Waals surface area contributed by atoms with Crippen molar-refractivity contribution in [3.63, 3.8) is 0 Å². The van der Waals surface area contributed by atoms with Gasteiger partial charge in [-0.1, -0.05) is 41.9 Å². The highest BCUT2D eigenvalue weighted by atomic mass is 35.5. The van der Waals surface area contributed by atoms with Crippen LogP contribution < -0.4 is 15.4 Å². The number of nitrogens with one attached hydrogen (secondary N) is 2. The van der Waals surface area contributed by atoms with Crippen molar-refractivity contribution < 1.29 is 44.7 Å². The van der Waals surface area contributed by atoms with Crippen LogP contribution in [0, 0.1) is 5.82 Å². The number of halogens is 9. The van der Waals surface area contributed by atoms with E-state index in [2.05, 4.69) is 15.0 Å². The molecule has 0 aliphatic rings. The zero-order valence-corrected chi connectivity index (χ0v) is 19.8. The minimum atomic E-state index is -5.00. The number of aromatic nitrogens is 1. The Hall–Kier alpha value is -3.61. The highest BCUT2D eigenvalue weighted by molar-refractivity contribution is 6.30. The number of ether oxygens (including phenoxy) is 1. The first-order valence-corrected chi connectivity index (χ1v) is 11.0. The van der Waals surface area contributed by atoms with Gasteiger partial charge in [-0.15, -0.1) is 0 Å². The van der Waals surface area contributed by atoms with Gasteiger partial charge in [0.1, 0.15) is 23.7 Å². The highest BCUT2D eigenvalue weighted by Crippen LogP contribution is 2.37. The van der Waals surface area contributed by atoms with Gasteiger partial charge in [0.25, 0.3) is 0 Å². The zero-order chi connectivity index (χ0) is 28.1. The molecule has 204 valence electrons. The molecule has 0 saturated heterocycles. The zero-order valence-electron chi connectivity index (χ0n) is 19.0. The first-order valence-electron chi connectivity index (χ1n) is 10.6. The molecule has 1 heterocycles. The lowest BCUT2D eigenvalue weighted by Crippen LogP contribution is -2.53. The molecule has 0 fully saturated rings. The average molecular weight is 568 g/mol. The van der Waals surface area contributed by atoms with Crippen LogP contribution in [0.15, 0.2) is 66.9 Å². The first-order chi connectivity index (χ1) is 17.7. The summed E-state index contributed by atoms with van der Waals surface area (Å²) in [4.78, 5) is 16.8. The third-order valence-electron chi connectivity index (χ3n) is 5.13. The van der Waals surface area contributed by atoms with Gasteiger partial charge in [-0.05, 0) is 35.4 Å². The number of pyridine rings is 1. The third kappa shape index (κ3) is 7.46. The normalized spacial score (nSPS) is 13.6. The maximum absolute atomic E-state index is 14.7. The maximum Gasteiger partial charge on any atom is 0.461 e.